The quantitative estimate of drug-likeness (QED) is 0.921. The van der Waals surface area contributed by atoms with Crippen molar-refractivity contribution in [1.82, 2.24) is 9.97 Å². The van der Waals surface area contributed by atoms with Crippen molar-refractivity contribution >= 4 is 15.9 Å². The molecular weight excluding hydrogens is 275 g/mol. The molecule has 0 radical (unpaired) electrons. The Labute approximate surface area is 100 Å². The van der Waals surface area contributed by atoms with Gasteiger partial charge in [-0.3, -0.25) is 0 Å². The summed E-state index contributed by atoms with van der Waals surface area (Å²) in [5.74, 6) is 0.0802. The molecule has 0 bridgehead atoms. The van der Waals surface area contributed by atoms with Crippen LogP contribution in [0.2, 0.25) is 0 Å². The molecule has 0 fully saturated rings. The van der Waals surface area contributed by atoms with Crippen molar-refractivity contribution < 1.29 is 9.50 Å². The second-order valence-electron chi connectivity index (χ2n) is 3.20. The normalized spacial score (nSPS) is 10.4. The van der Waals surface area contributed by atoms with Crippen molar-refractivity contribution in [3.05, 3.63) is 46.4 Å². The van der Waals surface area contributed by atoms with E-state index in [0.29, 0.717) is 17.0 Å². The van der Waals surface area contributed by atoms with E-state index in [2.05, 4.69) is 25.9 Å². The number of halogens is 2. The summed E-state index contributed by atoms with van der Waals surface area (Å²) in [6.07, 6.45) is 3.03. The third kappa shape index (κ3) is 2.25. The van der Waals surface area contributed by atoms with Gasteiger partial charge in [0.05, 0.1) is 6.61 Å². The highest BCUT2D eigenvalue weighted by atomic mass is 79.9. The molecule has 0 spiro atoms. The van der Waals surface area contributed by atoms with Crippen molar-refractivity contribution in [3.8, 4) is 11.4 Å². The Morgan fingerprint density at radius 1 is 1.25 bits per heavy atom. The van der Waals surface area contributed by atoms with E-state index in [4.69, 9.17) is 5.11 Å². The Balaban J connectivity index is 2.45. The highest BCUT2D eigenvalue weighted by molar-refractivity contribution is 9.10. The van der Waals surface area contributed by atoms with Crippen LogP contribution < -0.4 is 0 Å². The molecule has 1 aromatic carbocycles. The summed E-state index contributed by atoms with van der Waals surface area (Å²) in [7, 11) is 0. The molecule has 16 heavy (non-hydrogen) atoms. The molecule has 0 aliphatic heterocycles. The molecule has 82 valence electrons. The molecule has 2 rings (SSSR count). The largest absolute Gasteiger partial charge is 0.392 e. The summed E-state index contributed by atoms with van der Waals surface area (Å²) in [4.78, 5) is 8.11. The fourth-order valence-corrected chi connectivity index (χ4v) is 1.67. The molecular formula is C11H8BrFN2O. The molecule has 0 saturated heterocycles. The van der Waals surface area contributed by atoms with Crippen LogP contribution in [0.3, 0.4) is 0 Å². The lowest BCUT2D eigenvalue weighted by molar-refractivity contribution is 0.281. The number of aliphatic hydroxyl groups excluding tert-OH is 1. The predicted molar refractivity (Wildman–Crippen MR) is 61.0 cm³/mol. The van der Waals surface area contributed by atoms with Crippen LogP contribution in [0.15, 0.2) is 35.1 Å². The van der Waals surface area contributed by atoms with Crippen LogP contribution in [-0.4, -0.2) is 15.1 Å². The zero-order valence-electron chi connectivity index (χ0n) is 8.19. The van der Waals surface area contributed by atoms with Crippen LogP contribution >= 0.6 is 15.9 Å². The summed E-state index contributed by atoms with van der Waals surface area (Å²) in [6, 6.07) is 4.32. The molecule has 0 saturated carbocycles. The topological polar surface area (TPSA) is 46.0 Å². The number of nitrogens with zero attached hydrogens (tertiary/aromatic N) is 2. The average Bonchev–Trinajstić information content (AvgIpc) is 2.32. The van der Waals surface area contributed by atoms with Gasteiger partial charge in [0, 0.05) is 28.0 Å². The van der Waals surface area contributed by atoms with Gasteiger partial charge in [0.15, 0.2) is 5.82 Å². The number of hydrogen-bond acceptors (Lipinski definition) is 3. The van der Waals surface area contributed by atoms with Crippen molar-refractivity contribution in [1.29, 1.82) is 0 Å². The lowest BCUT2D eigenvalue weighted by Gasteiger charge is -2.03. The fourth-order valence-electron chi connectivity index (χ4n) is 1.24. The summed E-state index contributed by atoms with van der Waals surface area (Å²) < 4.78 is 13.8. The van der Waals surface area contributed by atoms with Crippen LogP contribution in [-0.2, 0) is 6.61 Å². The number of rotatable bonds is 2. The fraction of sp³-hybridized carbons (Fsp3) is 0.0909. The standard InChI is InChI=1S/C11H8BrFN2O/c12-10-2-1-8(13)3-9(10)11-14-4-7(6-16)5-15-11/h1-5,16H,6H2. The Bertz CT molecular complexity index is 502. The van der Waals surface area contributed by atoms with E-state index in [9.17, 15) is 4.39 Å². The van der Waals surface area contributed by atoms with Gasteiger partial charge in [-0.2, -0.15) is 0 Å². The predicted octanol–water partition coefficient (Wildman–Crippen LogP) is 2.54. The SMILES string of the molecule is OCc1cnc(-c2cc(F)ccc2Br)nc1. The maximum atomic E-state index is 13.1. The van der Waals surface area contributed by atoms with E-state index in [-0.39, 0.29) is 12.4 Å². The lowest BCUT2D eigenvalue weighted by Crippen LogP contribution is -1.93. The first-order chi connectivity index (χ1) is 7.70. The smallest absolute Gasteiger partial charge is 0.160 e. The van der Waals surface area contributed by atoms with Crippen LogP contribution in [0.25, 0.3) is 11.4 Å². The van der Waals surface area contributed by atoms with Gasteiger partial charge in [-0.05, 0) is 18.2 Å². The van der Waals surface area contributed by atoms with Crippen molar-refractivity contribution in [3.63, 3.8) is 0 Å². The van der Waals surface area contributed by atoms with Crippen molar-refractivity contribution in [2.75, 3.05) is 0 Å². The van der Waals surface area contributed by atoms with E-state index >= 15 is 0 Å². The molecule has 5 heteroatoms. The van der Waals surface area contributed by atoms with E-state index in [1.54, 1.807) is 6.07 Å². The summed E-state index contributed by atoms with van der Waals surface area (Å²) in [5.41, 5.74) is 1.21. The van der Waals surface area contributed by atoms with Crippen molar-refractivity contribution in [2.24, 2.45) is 0 Å². The molecule has 1 heterocycles. The molecule has 1 aromatic heterocycles. The van der Waals surface area contributed by atoms with Crippen LogP contribution in [0.4, 0.5) is 4.39 Å². The Hall–Kier alpha value is -1.33. The maximum Gasteiger partial charge on any atom is 0.160 e. The number of benzene rings is 1. The molecule has 0 aliphatic rings. The highest BCUT2D eigenvalue weighted by Gasteiger charge is 2.07. The minimum Gasteiger partial charge on any atom is -0.392 e. The van der Waals surface area contributed by atoms with Gasteiger partial charge >= 0.3 is 0 Å². The summed E-state index contributed by atoms with van der Waals surface area (Å²) in [6.45, 7) is -0.107. The zero-order valence-corrected chi connectivity index (χ0v) is 9.78. The summed E-state index contributed by atoms with van der Waals surface area (Å²) >= 11 is 3.31. The lowest BCUT2D eigenvalue weighted by atomic mass is 10.2. The molecule has 0 aliphatic carbocycles. The molecule has 0 unspecified atom stereocenters. The molecule has 2 aromatic rings. The van der Waals surface area contributed by atoms with Gasteiger partial charge in [0.1, 0.15) is 5.82 Å². The average molecular weight is 283 g/mol. The van der Waals surface area contributed by atoms with Gasteiger partial charge in [-0.1, -0.05) is 15.9 Å². The Kier molecular flexibility index (Phi) is 3.26. The van der Waals surface area contributed by atoms with Crippen LogP contribution in [0, 0.1) is 5.82 Å². The first-order valence-electron chi connectivity index (χ1n) is 4.58. The summed E-state index contributed by atoms with van der Waals surface area (Å²) in [5, 5.41) is 8.85. The Morgan fingerprint density at radius 2 is 1.94 bits per heavy atom. The maximum absolute atomic E-state index is 13.1. The first-order valence-corrected chi connectivity index (χ1v) is 5.37. The minimum atomic E-state index is -0.340. The van der Waals surface area contributed by atoms with E-state index in [1.807, 2.05) is 0 Å². The third-order valence-corrected chi connectivity index (χ3v) is 2.75. The number of hydrogen-bond donors (Lipinski definition) is 1. The highest BCUT2D eigenvalue weighted by Crippen LogP contribution is 2.25. The minimum absolute atomic E-state index is 0.107. The van der Waals surface area contributed by atoms with E-state index in [1.165, 1.54) is 24.5 Å². The molecule has 0 atom stereocenters. The van der Waals surface area contributed by atoms with Crippen molar-refractivity contribution in [2.45, 2.75) is 6.61 Å². The second-order valence-corrected chi connectivity index (χ2v) is 4.05. The van der Waals surface area contributed by atoms with Gasteiger partial charge in [0.25, 0.3) is 0 Å². The molecule has 0 amide bonds. The molecule has 3 nitrogen and oxygen atoms in total. The Morgan fingerprint density at radius 3 is 2.56 bits per heavy atom. The van der Waals surface area contributed by atoms with Gasteiger partial charge in [-0.25, -0.2) is 14.4 Å². The van der Waals surface area contributed by atoms with Gasteiger partial charge < -0.3 is 5.11 Å². The first kappa shape index (κ1) is 11.2. The number of aliphatic hydroxyl groups is 1. The van der Waals surface area contributed by atoms with Gasteiger partial charge in [0.2, 0.25) is 0 Å². The molecule has 1 N–H and O–H groups in total. The van der Waals surface area contributed by atoms with E-state index < -0.39 is 0 Å². The van der Waals surface area contributed by atoms with Crippen LogP contribution in [0.1, 0.15) is 5.56 Å². The van der Waals surface area contributed by atoms with Crippen LogP contribution in [0.5, 0.6) is 0 Å². The van der Waals surface area contributed by atoms with Gasteiger partial charge in [-0.15, -0.1) is 0 Å². The zero-order chi connectivity index (χ0) is 11.5. The monoisotopic (exact) mass is 282 g/mol. The van der Waals surface area contributed by atoms with E-state index in [0.717, 1.165) is 4.47 Å². The second kappa shape index (κ2) is 4.67. The third-order valence-electron chi connectivity index (χ3n) is 2.06. The number of aromatic nitrogens is 2.